The molecule has 5 heteroatoms. The van der Waals surface area contributed by atoms with Crippen LogP contribution in [0.3, 0.4) is 0 Å². The lowest BCUT2D eigenvalue weighted by molar-refractivity contribution is -0.646. The number of rotatable bonds is 9. The summed E-state index contributed by atoms with van der Waals surface area (Å²) in [4.78, 5) is 17.0. The molecule has 1 aromatic carbocycles. The number of ether oxygens (including phenoxy) is 1. The Kier molecular flexibility index (Phi) is 7.26. The molecule has 0 aliphatic carbocycles. The van der Waals surface area contributed by atoms with Crippen molar-refractivity contribution in [1.29, 1.82) is 0 Å². The van der Waals surface area contributed by atoms with Gasteiger partial charge in [0.2, 0.25) is 0 Å². The largest absolute Gasteiger partial charge is 0.379 e. The molecule has 0 unspecified atom stereocenters. The average molecular weight is 333 g/mol. The van der Waals surface area contributed by atoms with Gasteiger partial charge in [-0.3, -0.25) is 4.79 Å². The molecule has 4 nitrogen and oxygen atoms in total. The average Bonchev–Trinajstić information content (AvgIpc) is 2.97. The van der Waals surface area contributed by atoms with Crippen molar-refractivity contribution < 1.29 is 14.8 Å². The third kappa shape index (κ3) is 6.14. The molecule has 0 saturated carbocycles. The molecule has 0 atom stereocenters. The monoisotopic (exact) mass is 333 g/mol. The van der Waals surface area contributed by atoms with Gasteiger partial charge in [0.1, 0.15) is 0 Å². The predicted octanol–water partition coefficient (Wildman–Crippen LogP) is 1.80. The molecule has 0 saturated heterocycles. The predicted molar refractivity (Wildman–Crippen MR) is 93.3 cm³/mol. The summed E-state index contributed by atoms with van der Waals surface area (Å²) in [6.07, 6.45) is 0. The number of nitrogens with zero attached hydrogens (tertiary/aromatic N) is 1. The minimum absolute atomic E-state index is 0.163. The Morgan fingerprint density at radius 3 is 2.61 bits per heavy atom. The van der Waals surface area contributed by atoms with E-state index in [2.05, 4.69) is 31.2 Å². The number of methoxy groups -OCH3 is 1. The molecule has 2 rings (SSSR count). The van der Waals surface area contributed by atoms with E-state index in [1.54, 1.807) is 18.4 Å². The minimum atomic E-state index is 0.163. The number of thiophene rings is 1. The van der Waals surface area contributed by atoms with Crippen LogP contribution < -0.4 is 5.32 Å². The zero-order valence-electron chi connectivity index (χ0n) is 13.8. The number of amides is 1. The summed E-state index contributed by atoms with van der Waals surface area (Å²) >= 11 is 1.75. The lowest BCUT2D eigenvalue weighted by Crippen LogP contribution is -2.87. The number of quaternary nitrogens is 1. The topological polar surface area (TPSA) is 46.1 Å². The first-order valence-corrected chi connectivity index (χ1v) is 8.68. The van der Waals surface area contributed by atoms with Crippen molar-refractivity contribution in [2.75, 3.05) is 26.8 Å². The summed E-state index contributed by atoms with van der Waals surface area (Å²) in [5, 5.41) is 2.00. The number of carbonyl (C=O) groups is 1. The van der Waals surface area contributed by atoms with Crippen molar-refractivity contribution in [3.8, 4) is 0 Å². The van der Waals surface area contributed by atoms with Gasteiger partial charge in [0.15, 0.2) is 6.54 Å². The van der Waals surface area contributed by atoms with E-state index in [1.807, 2.05) is 28.4 Å². The van der Waals surface area contributed by atoms with E-state index in [9.17, 15) is 4.79 Å². The summed E-state index contributed by atoms with van der Waals surface area (Å²) < 4.78 is 5.02. The Hall–Kier alpha value is -1.69. The van der Waals surface area contributed by atoms with E-state index < -0.39 is 0 Å². The molecular formula is C18H25N2O2S+. The number of nitrogens with two attached hydrogens (primary N) is 1. The first-order chi connectivity index (χ1) is 11.2. The summed E-state index contributed by atoms with van der Waals surface area (Å²) in [6, 6.07) is 14.4. The van der Waals surface area contributed by atoms with E-state index in [0.29, 0.717) is 26.2 Å². The Labute approximate surface area is 142 Å². The molecule has 124 valence electrons. The van der Waals surface area contributed by atoms with Crippen LogP contribution in [0.5, 0.6) is 0 Å². The lowest BCUT2D eigenvalue weighted by Gasteiger charge is -2.21. The molecule has 1 aromatic heterocycles. The normalized spacial score (nSPS) is 10.7. The van der Waals surface area contributed by atoms with Crippen LogP contribution in [0.25, 0.3) is 0 Å². The number of benzene rings is 1. The number of carbonyl (C=O) groups excluding carboxylic acids is 1. The van der Waals surface area contributed by atoms with Crippen molar-refractivity contribution in [1.82, 2.24) is 4.90 Å². The molecule has 2 aromatic rings. The number of aryl methyl sites for hydroxylation is 1. The standard InChI is InChI=1S/C18H24N2O2S/c1-15-8-9-17(23-15)14-20(13-16-6-4-3-5-7-16)18(21)12-19-10-11-22-2/h3-9,19H,10-14H2,1-2H3/p+1. The minimum Gasteiger partial charge on any atom is -0.379 e. The fourth-order valence-electron chi connectivity index (χ4n) is 2.35. The highest BCUT2D eigenvalue weighted by Crippen LogP contribution is 2.18. The number of hydrogen-bond acceptors (Lipinski definition) is 3. The van der Waals surface area contributed by atoms with E-state index in [-0.39, 0.29) is 5.91 Å². The van der Waals surface area contributed by atoms with Crippen molar-refractivity contribution in [3.05, 3.63) is 57.8 Å². The molecule has 2 N–H and O–H groups in total. The van der Waals surface area contributed by atoms with Crippen LogP contribution in [0.2, 0.25) is 0 Å². The molecule has 0 radical (unpaired) electrons. The third-order valence-electron chi connectivity index (χ3n) is 3.56. The van der Waals surface area contributed by atoms with Crippen molar-refractivity contribution in [2.45, 2.75) is 20.0 Å². The van der Waals surface area contributed by atoms with Crippen molar-refractivity contribution in [2.24, 2.45) is 0 Å². The Morgan fingerprint density at radius 2 is 1.96 bits per heavy atom. The van der Waals surface area contributed by atoms with Crippen LogP contribution in [0.1, 0.15) is 15.3 Å². The summed E-state index contributed by atoms with van der Waals surface area (Å²) in [6.45, 7) is 5.34. The molecule has 0 aliphatic rings. The van der Waals surface area contributed by atoms with Gasteiger partial charge in [0.05, 0.1) is 19.7 Å². The third-order valence-corrected chi connectivity index (χ3v) is 4.54. The lowest BCUT2D eigenvalue weighted by atomic mass is 10.2. The summed E-state index contributed by atoms with van der Waals surface area (Å²) in [5.74, 6) is 0.163. The summed E-state index contributed by atoms with van der Waals surface area (Å²) in [5.41, 5.74) is 1.16. The molecule has 23 heavy (non-hydrogen) atoms. The fourth-order valence-corrected chi connectivity index (χ4v) is 3.26. The fraction of sp³-hybridized carbons (Fsp3) is 0.389. The summed E-state index contributed by atoms with van der Waals surface area (Å²) in [7, 11) is 1.68. The maximum Gasteiger partial charge on any atom is 0.278 e. The van der Waals surface area contributed by atoms with Gasteiger partial charge in [0.25, 0.3) is 5.91 Å². The van der Waals surface area contributed by atoms with Crippen LogP contribution in [0.15, 0.2) is 42.5 Å². The maximum absolute atomic E-state index is 12.6. The van der Waals surface area contributed by atoms with E-state index in [1.165, 1.54) is 9.75 Å². The molecule has 1 amide bonds. The highest BCUT2D eigenvalue weighted by Gasteiger charge is 2.16. The highest BCUT2D eigenvalue weighted by molar-refractivity contribution is 7.11. The first kappa shape index (κ1) is 17.7. The van der Waals surface area contributed by atoms with Gasteiger partial charge in [-0.25, -0.2) is 0 Å². The second kappa shape index (κ2) is 9.45. The Balaban J connectivity index is 1.99. The SMILES string of the molecule is COCC[NH2+]CC(=O)N(Cc1ccccc1)Cc1ccc(C)s1. The number of hydrogen-bond donors (Lipinski definition) is 1. The van der Waals surface area contributed by atoms with Gasteiger partial charge >= 0.3 is 0 Å². The Bertz CT molecular complexity index is 598. The molecule has 0 bridgehead atoms. The van der Waals surface area contributed by atoms with Crippen LogP contribution in [-0.4, -0.2) is 37.6 Å². The smallest absolute Gasteiger partial charge is 0.278 e. The molecule has 0 aliphatic heterocycles. The van der Waals surface area contributed by atoms with Gasteiger partial charge in [-0.05, 0) is 24.6 Å². The van der Waals surface area contributed by atoms with Gasteiger partial charge in [-0.15, -0.1) is 11.3 Å². The maximum atomic E-state index is 12.6. The molecule has 1 heterocycles. The van der Waals surface area contributed by atoms with Crippen LogP contribution in [0.4, 0.5) is 0 Å². The van der Waals surface area contributed by atoms with Gasteiger partial charge in [0, 0.05) is 23.4 Å². The molecule has 0 fully saturated rings. The molecular weight excluding hydrogens is 308 g/mol. The van der Waals surface area contributed by atoms with Gasteiger partial charge < -0.3 is 15.0 Å². The van der Waals surface area contributed by atoms with Crippen LogP contribution in [0, 0.1) is 6.92 Å². The van der Waals surface area contributed by atoms with E-state index in [0.717, 1.165) is 12.1 Å². The van der Waals surface area contributed by atoms with Gasteiger partial charge in [-0.2, -0.15) is 0 Å². The van der Waals surface area contributed by atoms with Crippen molar-refractivity contribution >= 4 is 17.2 Å². The first-order valence-electron chi connectivity index (χ1n) is 7.86. The zero-order chi connectivity index (χ0) is 16.5. The van der Waals surface area contributed by atoms with E-state index >= 15 is 0 Å². The van der Waals surface area contributed by atoms with Crippen LogP contribution >= 0.6 is 11.3 Å². The highest BCUT2D eigenvalue weighted by atomic mass is 32.1. The zero-order valence-corrected chi connectivity index (χ0v) is 14.6. The quantitative estimate of drug-likeness (QED) is 0.711. The van der Waals surface area contributed by atoms with Crippen LogP contribution in [-0.2, 0) is 22.6 Å². The second-order valence-electron chi connectivity index (χ2n) is 5.52. The van der Waals surface area contributed by atoms with Gasteiger partial charge in [-0.1, -0.05) is 30.3 Å². The van der Waals surface area contributed by atoms with E-state index in [4.69, 9.17) is 4.74 Å². The molecule has 0 spiro atoms. The second-order valence-corrected chi connectivity index (χ2v) is 6.89. The van der Waals surface area contributed by atoms with Crippen molar-refractivity contribution in [3.63, 3.8) is 0 Å². The Morgan fingerprint density at radius 1 is 1.17 bits per heavy atom.